The van der Waals surface area contributed by atoms with Crippen LogP contribution in [0.3, 0.4) is 0 Å². The standard InChI is InChI=1S/C21H31N3O4/c1-19(2,26)16-4-6-20(3,28-16)17-12-21(13-27-17)7-10-24(11-8-21)18(25)15-5-9-22-14-23-15/h5,9,14,16-17,26H,4,6-8,10-13H2,1-3H3/t16-,17-,20+/m0/s1. The van der Waals surface area contributed by atoms with E-state index in [0.717, 1.165) is 51.8 Å². The lowest BCUT2D eigenvalue weighted by Crippen LogP contribution is -2.45. The molecule has 28 heavy (non-hydrogen) atoms. The van der Waals surface area contributed by atoms with Crippen molar-refractivity contribution in [2.45, 2.75) is 76.3 Å². The monoisotopic (exact) mass is 389 g/mol. The van der Waals surface area contributed by atoms with Crippen molar-refractivity contribution in [2.24, 2.45) is 5.41 Å². The maximum Gasteiger partial charge on any atom is 0.272 e. The molecule has 0 unspecified atom stereocenters. The van der Waals surface area contributed by atoms with Gasteiger partial charge in [-0.1, -0.05) is 0 Å². The number of hydrogen-bond acceptors (Lipinski definition) is 6. The van der Waals surface area contributed by atoms with Gasteiger partial charge < -0.3 is 19.5 Å². The van der Waals surface area contributed by atoms with Crippen LogP contribution in [0.1, 0.15) is 63.4 Å². The molecule has 1 amide bonds. The van der Waals surface area contributed by atoms with Crippen LogP contribution in [0.2, 0.25) is 0 Å². The molecule has 3 aliphatic rings. The lowest BCUT2D eigenvalue weighted by molar-refractivity contribution is -0.155. The summed E-state index contributed by atoms with van der Waals surface area (Å²) in [5.74, 6) is -0.0215. The number of aromatic nitrogens is 2. The lowest BCUT2D eigenvalue weighted by atomic mass is 9.74. The van der Waals surface area contributed by atoms with Crippen molar-refractivity contribution >= 4 is 5.91 Å². The second-order valence-electron chi connectivity index (χ2n) is 9.50. The van der Waals surface area contributed by atoms with E-state index >= 15 is 0 Å². The van der Waals surface area contributed by atoms with E-state index in [9.17, 15) is 9.90 Å². The number of nitrogens with zero attached hydrogens (tertiary/aromatic N) is 3. The molecule has 0 aliphatic carbocycles. The van der Waals surface area contributed by atoms with Crippen molar-refractivity contribution in [3.8, 4) is 0 Å². The highest BCUT2D eigenvalue weighted by atomic mass is 16.6. The van der Waals surface area contributed by atoms with Crippen LogP contribution in [0.25, 0.3) is 0 Å². The number of likely N-dealkylation sites (tertiary alicyclic amines) is 1. The van der Waals surface area contributed by atoms with E-state index in [-0.39, 0.29) is 29.1 Å². The minimum absolute atomic E-state index is 0.0215. The summed E-state index contributed by atoms with van der Waals surface area (Å²) >= 11 is 0. The Labute approximate surface area is 166 Å². The number of piperidine rings is 1. The Hall–Kier alpha value is -1.57. The fourth-order valence-corrected chi connectivity index (χ4v) is 4.89. The first-order valence-electron chi connectivity index (χ1n) is 10.3. The van der Waals surface area contributed by atoms with E-state index in [2.05, 4.69) is 16.9 Å². The normalized spacial score (nSPS) is 32.8. The third-order valence-electron chi connectivity index (χ3n) is 6.90. The Morgan fingerprint density at radius 3 is 2.68 bits per heavy atom. The molecule has 1 spiro atoms. The Morgan fingerprint density at radius 1 is 1.32 bits per heavy atom. The summed E-state index contributed by atoms with van der Waals surface area (Å²) in [7, 11) is 0. The molecule has 4 rings (SSSR count). The van der Waals surface area contributed by atoms with Crippen LogP contribution in [0.15, 0.2) is 18.6 Å². The Bertz CT molecular complexity index is 712. The molecule has 4 heterocycles. The number of aliphatic hydroxyl groups is 1. The molecule has 3 aliphatic heterocycles. The molecule has 1 N–H and O–H groups in total. The van der Waals surface area contributed by atoms with Crippen LogP contribution in [0.5, 0.6) is 0 Å². The van der Waals surface area contributed by atoms with E-state index in [1.807, 2.05) is 18.7 Å². The highest BCUT2D eigenvalue weighted by molar-refractivity contribution is 5.92. The minimum atomic E-state index is -0.833. The highest BCUT2D eigenvalue weighted by Crippen LogP contribution is 2.49. The van der Waals surface area contributed by atoms with Gasteiger partial charge in [-0.3, -0.25) is 4.79 Å². The number of hydrogen-bond donors (Lipinski definition) is 1. The zero-order valence-corrected chi connectivity index (χ0v) is 17.1. The first kappa shape index (κ1) is 19.7. The van der Waals surface area contributed by atoms with Gasteiger partial charge in [-0.05, 0) is 64.4 Å². The fourth-order valence-electron chi connectivity index (χ4n) is 4.89. The van der Waals surface area contributed by atoms with Crippen molar-refractivity contribution in [1.29, 1.82) is 0 Å². The highest BCUT2D eigenvalue weighted by Gasteiger charge is 2.53. The molecule has 3 saturated heterocycles. The largest absolute Gasteiger partial charge is 0.388 e. The van der Waals surface area contributed by atoms with Gasteiger partial charge >= 0.3 is 0 Å². The Balaban J connectivity index is 1.36. The number of carbonyl (C=O) groups excluding carboxylic acids is 1. The van der Waals surface area contributed by atoms with Crippen LogP contribution < -0.4 is 0 Å². The zero-order chi connectivity index (χ0) is 20.0. The van der Waals surface area contributed by atoms with E-state index < -0.39 is 5.60 Å². The predicted octanol–water partition coefficient (Wildman–Crippen LogP) is 2.20. The summed E-state index contributed by atoms with van der Waals surface area (Å²) in [5.41, 5.74) is -0.606. The van der Waals surface area contributed by atoms with Crippen molar-refractivity contribution in [1.82, 2.24) is 14.9 Å². The van der Waals surface area contributed by atoms with Gasteiger partial charge in [0.2, 0.25) is 0 Å². The molecule has 0 radical (unpaired) electrons. The molecular weight excluding hydrogens is 358 g/mol. The summed E-state index contributed by atoms with van der Waals surface area (Å²) in [5, 5.41) is 10.3. The molecule has 7 nitrogen and oxygen atoms in total. The van der Waals surface area contributed by atoms with Gasteiger partial charge in [0.05, 0.1) is 30.0 Å². The van der Waals surface area contributed by atoms with Crippen LogP contribution in [0, 0.1) is 5.41 Å². The number of ether oxygens (including phenoxy) is 2. The van der Waals surface area contributed by atoms with Crippen LogP contribution >= 0.6 is 0 Å². The van der Waals surface area contributed by atoms with E-state index in [0.29, 0.717) is 5.69 Å². The van der Waals surface area contributed by atoms with Crippen molar-refractivity contribution in [3.05, 3.63) is 24.3 Å². The summed E-state index contributed by atoms with van der Waals surface area (Å²) < 4.78 is 12.5. The quantitative estimate of drug-likeness (QED) is 0.853. The van der Waals surface area contributed by atoms with E-state index in [1.165, 1.54) is 6.33 Å². The lowest BCUT2D eigenvalue weighted by Gasteiger charge is -2.39. The maximum absolute atomic E-state index is 12.6. The molecule has 3 atom stereocenters. The van der Waals surface area contributed by atoms with Crippen molar-refractivity contribution in [2.75, 3.05) is 19.7 Å². The van der Waals surface area contributed by atoms with Crippen molar-refractivity contribution < 1.29 is 19.4 Å². The molecule has 0 saturated carbocycles. The molecule has 1 aromatic rings. The molecule has 154 valence electrons. The summed E-state index contributed by atoms with van der Waals surface area (Å²) in [6, 6.07) is 1.67. The summed E-state index contributed by atoms with van der Waals surface area (Å²) in [6.45, 7) is 7.91. The van der Waals surface area contributed by atoms with Crippen molar-refractivity contribution in [3.63, 3.8) is 0 Å². The smallest absolute Gasteiger partial charge is 0.272 e. The molecule has 0 aromatic carbocycles. The van der Waals surface area contributed by atoms with Gasteiger partial charge in [0.15, 0.2) is 0 Å². The Morgan fingerprint density at radius 2 is 2.07 bits per heavy atom. The third kappa shape index (κ3) is 3.67. The van der Waals surface area contributed by atoms with Gasteiger partial charge in [0.25, 0.3) is 5.91 Å². The summed E-state index contributed by atoms with van der Waals surface area (Å²) in [4.78, 5) is 22.5. The minimum Gasteiger partial charge on any atom is -0.388 e. The number of carbonyl (C=O) groups is 1. The second-order valence-corrected chi connectivity index (χ2v) is 9.50. The van der Waals surface area contributed by atoms with E-state index in [4.69, 9.17) is 9.47 Å². The maximum atomic E-state index is 12.6. The van der Waals surface area contributed by atoms with Gasteiger partial charge in [-0.2, -0.15) is 0 Å². The summed E-state index contributed by atoms with van der Waals surface area (Å²) in [6.07, 6.45) is 7.50. The predicted molar refractivity (Wildman–Crippen MR) is 103 cm³/mol. The third-order valence-corrected chi connectivity index (χ3v) is 6.90. The van der Waals surface area contributed by atoms with Gasteiger partial charge in [0.1, 0.15) is 12.0 Å². The Kier molecular flexibility index (Phi) is 4.96. The fraction of sp³-hybridized carbons (Fsp3) is 0.762. The second kappa shape index (κ2) is 7.04. The van der Waals surface area contributed by atoms with Crippen LogP contribution in [0.4, 0.5) is 0 Å². The first-order chi connectivity index (χ1) is 13.2. The SMILES string of the molecule is CC(C)(O)[C@@H]1CC[C@](C)([C@@H]2CC3(CCN(C(=O)c4ccncn4)CC3)CO2)O1. The van der Waals surface area contributed by atoms with Crippen LogP contribution in [-0.2, 0) is 9.47 Å². The molecule has 0 bridgehead atoms. The van der Waals surface area contributed by atoms with E-state index in [1.54, 1.807) is 12.3 Å². The molecule has 7 heteroatoms. The average molecular weight is 389 g/mol. The first-order valence-corrected chi connectivity index (χ1v) is 10.3. The van der Waals surface area contributed by atoms with Gasteiger partial charge in [0, 0.05) is 19.3 Å². The number of amides is 1. The van der Waals surface area contributed by atoms with Crippen LogP contribution in [-0.4, -0.2) is 69.0 Å². The topological polar surface area (TPSA) is 84.8 Å². The molecule has 3 fully saturated rings. The average Bonchev–Trinajstić information content (AvgIpc) is 3.28. The number of rotatable bonds is 3. The zero-order valence-electron chi connectivity index (χ0n) is 17.1. The molecule has 1 aromatic heterocycles. The van der Waals surface area contributed by atoms with Gasteiger partial charge in [-0.15, -0.1) is 0 Å². The molecular formula is C21H31N3O4. The van der Waals surface area contributed by atoms with Gasteiger partial charge in [-0.25, -0.2) is 9.97 Å².